The summed E-state index contributed by atoms with van der Waals surface area (Å²) in [6.07, 6.45) is 8.03. The van der Waals surface area contributed by atoms with Gasteiger partial charge in [0.1, 0.15) is 11.3 Å². The van der Waals surface area contributed by atoms with Crippen LogP contribution in [0.2, 0.25) is 0 Å². The van der Waals surface area contributed by atoms with Gasteiger partial charge in [-0.15, -0.1) is 11.3 Å². The lowest BCUT2D eigenvalue weighted by atomic mass is 9.80. The third-order valence-electron chi connectivity index (χ3n) is 8.27. The minimum absolute atomic E-state index is 0.177. The minimum Gasteiger partial charge on any atom is -0.367 e. The number of methoxy groups -OCH3 is 1. The SMILES string of the molecule is COC(c1cscn1)c1nc2nc(-c3noc(=O)[nH]3)nc(N[C@H](C)C3CCC3)c2n1C[C@H]1CC[C@H](C)CC1. The van der Waals surface area contributed by atoms with Gasteiger partial charge in [0.25, 0.3) is 0 Å². The molecule has 0 aromatic carbocycles. The van der Waals surface area contributed by atoms with E-state index in [1.807, 2.05) is 10.9 Å². The van der Waals surface area contributed by atoms with Crippen LogP contribution in [-0.4, -0.2) is 47.8 Å². The predicted molar refractivity (Wildman–Crippen MR) is 144 cm³/mol. The molecule has 0 aliphatic heterocycles. The van der Waals surface area contributed by atoms with Crippen molar-refractivity contribution in [2.24, 2.45) is 17.8 Å². The molecule has 2 aliphatic carbocycles. The van der Waals surface area contributed by atoms with Crippen LogP contribution in [0.25, 0.3) is 22.8 Å². The van der Waals surface area contributed by atoms with Crippen molar-refractivity contribution in [3.63, 3.8) is 0 Å². The molecule has 2 N–H and O–H groups in total. The van der Waals surface area contributed by atoms with Crippen molar-refractivity contribution in [1.29, 1.82) is 0 Å². The molecule has 6 rings (SSSR count). The number of nitrogens with one attached hydrogen (secondary N) is 2. The number of aromatic amines is 1. The van der Waals surface area contributed by atoms with Crippen LogP contribution in [0.5, 0.6) is 0 Å². The zero-order valence-corrected chi connectivity index (χ0v) is 22.8. The Morgan fingerprint density at radius 2 is 2.03 bits per heavy atom. The molecule has 202 valence electrons. The van der Waals surface area contributed by atoms with Gasteiger partial charge in [-0.25, -0.2) is 24.7 Å². The summed E-state index contributed by atoms with van der Waals surface area (Å²) in [5.74, 6) is 3.11. The summed E-state index contributed by atoms with van der Waals surface area (Å²) in [5.41, 5.74) is 4.00. The maximum absolute atomic E-state index is 11.7. The highest BCUT2D eigenvalue weighted by Gasteiger charge is 2.31. The summed E-state index contributed by atoms with van der Waals surface area (Å²) >= 11 is 1.53. The molecule has 0 amide bonds. The van der Waals surface area contributed by atoms with Crippen molar-refractivity contribution in [3.8, 4) is 11.6 Å². The van der Waals surface area contributed by atoms with Crippen LogP contribution in [0.1, 0.15) is 76.4 Å². The number of rotatable bonds is 9. The van der Waals surface area contributed by atoms with E-state index in [1.54, 1.807) is 7.11 Å². The Morgan fingerprint density at radius 1 is 1.21 bits per heavy atom. The van der Waals surface area contributed by atoms with E-state index in [-0.39, 0.29) is 17.7 Å². The Kier molecular flexibility index (Phi) is 7.00. The van der Waals surface area contributed by atoms with Crippen molar-refractivity contribution in [1.82, 2.24) is 34.6 Å². The van der Waals surface area contributed by atoms with Crippen LogP contribution in [-0.2, 0) is 11.3 Å². The first kappa shape index (κ1) is 25.2. The molecular weight excluding hydrogens is 504 g/mol. The number of thiazole rings is 1. The third kappa shape index (κ3) is 4.86. The molecule has 0 bridgehead atoms. The lowest BCUT2D eigenvalue weighted by molar-refractivity contribution is 0.121. The number of ether oxygens (including phenoxy) is 1. The molecule has 1 unspecified atom stereocenters. The fourth-order valence-corrected chi connectivity index (χ4v) is 6.29. The second-order valence-electron chi connectivity index (χ2n) is 10.9. The first-order valence-corrected chi connectivity index (χ1v) is 14.5. The van der Waals surface area contributed by atoms with Gasteiger partial charge < -0.3 is 14.6 Å². The average molecular weight is 539 g/mol. The first-order chi connectivity index (χ1) is 18.5. The van der Waals surface area contributed by atoms with Gasteiger partial charge in [-0.05, 0) is 50.4 Å². The van der Waals surface area contributed by atoms with E-state index in [9.17, 15) is 4.79 Å². The van der Waals surface area contributed by atoms with E-state index in [2.05, 4.69) is 38.9 Å². The molecule has 0 spiro atoms. The number of hydrogen-bond acceptors (Lipinski definition) is 10. The second-order valence-corrected chi connectivity index (χ2v) is 11.6. The summed E-state index contributed by atoms with van der Waals surface area (Å²) in [4.78, 5) is 33.4. The zero-order chi connectivity index (χ0) is 26.2. The Morgan fingerprint density at radius 3 is 2.66 bits per heavy atom. The van der Waals surface area contributed by atoms with Gasteiger partial charge >= 0.3 is 5.76 Å². The minimum atomic E-state index is -0.651. The van der Waals surface area contributed by atoms with E-state index in [4.69, 9.17) is 24.2 Å². The normalized spacial score (nSPS) is 21.9. The van der Waals surface area contributed by atoms with Gasteiger partial charge in [0.2, 0.25) is 11.6 Å². The Balaban J connectivity index is 1.51. The van der Waals surface area contributed by atoms with Gasteiger partial charge in [-0.1, -0.05) is 31.3 Å². The Bertz CT molecular complexity index is 1430. The Hall–Kier alpha value is -3.12. The van der Waals surface area contributed by atoms with Crippen LogP contribution < -0.4 is 11.1 Å². The highest BCUT2D eigenvalue weighted by atomic mass is 32.1. The van der Waals surface area contributed by atoms with Crippen LogP contribution in [0, 0.1) is 17.8 Å². The van der Waals surface area contributed by atoms with Crippen molar-refractivity contribution in [2.45, 2.75) is 77.5 Å². The highest BCUT2D eigenvalue weighted by Crippen LogP contribution is 2.37. The summed E-state index contributed by atoms with van der Waals surface area (Å²) in [7, 11) is 1.69. The third-order valence-corrected chi connectivity index (χ3v) is 8.88. The molecule has 38 heavy (non-hydrogen) atoms. The standard InChI is InChI=1S/C26H34N8O3S/c1-14-7-9-16(10-8-14)11-34-19-21(28-15(2)17-5-4-6-17)29-23(24-32-26(35)37-33-24)30-22(19)31-25(34)20(36-3)18-12-38-13-27-18/h12-17,20H,4-11H2,1-3H3,(H,28,29,30)(H,32,33,35)/t14-,15-,16-,20?/m1/s1. The molecular formula is C26H34N8O3S. The smallest absolute Gasteiger partial charge is 0.367 e. The molecule has 4 aromatic heterocycles. The van der Waals surface area contributed by atoms with Crippen molar-refractivity contribution in [3.05, 3.63) is 33.0 Å². The molecule has 0 saturated heterocycles. The number of hydrogen-bond donors (Lipinski definition) is 2. The lowest BCUT2D eigenvalue weighted by Crippen LogP contribution is -2.31. The quantitative estimate of drug-likeness (QED) is 0.308. The van der Waals surface area contributed by atoms with Gasteiger partial charge in [-0.2, -0.15) is 0 Å². The Labute approximate surface area is 224 Å². The van der Waals surface area contributed by atoms with Gasteiger partial charge in [-0.3, -0.25) is 9.51 Å². The molecule has 0 radical (unpaired) electrons. The maximum Gasteiger partial charge on any atom is 0.439 e. The molecule has 2 atom stereocenters. The predicted octanol–water partition coefficient (Wildman–Crippen LogP) is 4.79. The topological polar surface area (TPSA) is 137 Å². The van der Waals surface area contributed by atoms with Crippen LogP contribution in [0.15, 0.2) is 20.2 Å². The molecule has 11 nitrogen and oxygen atoms in total. The second kappa shape index (κ2) is 10.6. The highest BCUT2D eigenvalue weighted by molar-refractivity contribution is 7.07. The summed E-state index contributed by atoms with van der Waals surface area (Å²) in [6.45, 7) is 5.34. The molecule has 12 heteroatoms. The molecule has 4 heterocycles. The number of aromatic nitrogens is 7. The van der Waals surface area contributed by atoms with Gasteiger partial charge in [0, 0.05) is 25.1 Å². The zero-order valence-electron chi connectivity index (χ0n) is 22.0. The number of imidazole rings is 1. The van der Waals surface area contributed by atoms with Crippen molar-refractivity contribution >= 4 is 28.3 Å². The number of nitrogens with zero attached hydrogens (tertiary/aromatic N) is 6. The summed E-state index contributed by atoms with van der Waals surface area (Å²) < 4.78 is 13.0. The van der Waals surface area contributed by atoms with Crippen molar-refractivity contribution in [2.75, 3.05) is 12.4 Å². The van der Waals surface area contributed by atoms with E-state index in [1.165, 1.54) is 56.3 Å². The van der Waals surface area contributed by atoms with Gasteiger partial charge in [0.05, 0.1) is 11.2 Å². The number of H-pyrrole nitrogens is 1. The summed E-state index contributed by atoms with van der Waals surface area (Å²) in [5, 5.41) is 9.51. The van der Waals surface area contributed by atoms with Crippen LogP contribution >= 0.6 is 11.3 Å². The van der Waals surface area contributed by atoms with E-state index >= 15 is 0 Å². The fraction of sp³-hybridized carbons (Fsp3) is 0.615. The molecule has 2 saturated carbocycles. The molecule has 2 aliphatic rings. The number of anilines is 1. The fourth-order valence-electron chi connectivity index (χ4n) is 5.72. The first-order valence-electron chi connectivity index (χ1n) is 13.5. The van der Waals surface area contributed by atoms with Gasteiger partial charge in [0.15, 0.2) is 17.6 Å². The lowest BCUT2D eigenvalue weighted by Gasteiger charge is -2.32. The summed E-state index contributed by atoms with van der Waals surface area (Å²) in [6, 6.07) is 0.227. The molecule has 4 aromatic rings. The average Bonchev–Trinajstić information content (AvgIpc) is 3.61. The maximum atomic E-state index is 11.7. The monoisotopic (exact) mass is 538 g/mol. The van der Waals surface area contributed by atoms with E-state index in [0.717, 1.165) is 29.5 Å². The van der Waals surface area contributed by atoms with Crippen LogP contribution in [0.4, 0.5) is 5.82 Å². The van der Waals surface area contributed by atoms with E-state index in [0.29, 0.717) is 23.3 Å². The largest absolute Gasteiger partial charge is 0.439 e. The van der Waals surface area contributed by atoms with Crippen LogP contribution in [0.3, 0.4) is 0 Å². The molecule has 2 fully saturated rings. The number of fused-ring (bicyclic) bond motifs is 1. The van der Waals surface area contributed by atoms with E-state index < -0.39 is 11.9 Å². The van der Waals surface area contributed by atoms with Crippen molar-refractivity contribution < 1.29 is 9.26 Å².